The summed E-state index contributed by atoms with van der Waals surface area (Å²) in [6, 6.07) is 5.79. The number of hydrogen-bond donors (Lipinski definition) is 1. The van der Waals surface area contributed by atoms with Crippen LogP contribution in [0.2, 0.25) is 0 Å². The zero-order valence-electron chi connectivity index (χ0n) is 14.6. The first-order valence-corrected chi connectivity index (χ1v) is 10.4. The highest BCUT2D eigenvalue weighted by atomic mass is 32.2. The van der Waals surface area contributed by atoms with Crippen LogP contribution in [0.4, 0.5) is 5.69 Å². The number of nitrogens with one attached hydrogen (secondary N) is 1. The molecule has 0 radical (unpaired) electrons. The van der Waals surface area contributed by atoms with Crippen molar-refractivity contribution in [2.45, 2.75) is 45.6 Å². The van der Waals surface area contributed by atoms with E-state index in [9.17, 15) is 13.2 Å². The van der Waals surface area contributed by atoms with E-state index in [-0.39, 0.29) is 18.5 Å². The van der Waals surface area contributed by atoms with E-state index < -0.39 is 10.0 Å². The molecule has 2 bridgehead atoms. The summed E-state index contributed by atoms with van der Waals surface area (Å²) in [4.78, 5) is 12.5. The van der Waals surface area contributed by atoms with Crippen LogP contribution in [0, 0.1) is 25.7 Å². The minimum atomic E-state index is -3.52. The average molecular weight is 350 g/mol. The zero-order valence-corrected chi connectivity index (χ0v) is 15.4. The number of nitrogens with zero attached hydrogens (tertiary/aromatic N) is 1. The van der Waals surface area contributed by atoms with Gasteiger partial charge in [-0.15, -0.1) is 0 Å². The van der Waals surface area contributed by atoms with Crippen molar-refractivity contribution in [1.29, 1.82) is 0 Å². The monoisotopic (exact) mass is 350 g/mol. The number of aryl methyl sites for hydroxylation is 2. The predicted octanol–water partition coefficient (Wildman–Crippen LogP) is 2.37. The molecule has 5 nitrogen and oxygen atoms in total. The molecule has 3 atom stereocenters. The predicted molar refractivity (Wildman–Crippen MR) is 95.5 cm³/mol. The molecule has 2 aliphatic carbocycles. The molecule has 0 unspecified atom stereocenters. The van der Waals surface area contributed by atoms with Crippen molar-refractivity contribution in [2.24, 2.45) is 11.8 Å². The van der Waals surface area contributed by atoms with E-state index in [0.29, 0.717) is 11.6 Å². The molecule has 0 heterocycles. The summed E-state index contributed by atoms with van der Waals surface area (Å²) < 4.78 is 25.6. The minimum absolute atomic E-state index is 0.156. The van der Waals surface area contributed by atoms with Crippen LogP contribution >= 0.6 is 0 Å². The summed E-state index contributed by atoms with van der Waals surface area (Å²) in [5.74, 6) is 1.11. The van der Waals surface area contributed by atoms with Gasteiger partial charge in [0.05, 0.1) is 11.9 Å². The van der Waals surface area contributed by atoms with Crippen molar-refractivity contribution < 1.29 is 13.2 Å². The molecule has 132 valence electrons. The third-order valence-corrected chi connectivity index (χ3v) is 6.52. The summed E-state index contributed by atoms with van der Waals surface area (Å²) in [7, 11) is -3.52. The Hall–Kier alpha value is -1.56. The minimum Gasteiger partial charge on any atom is -0.352 e. The maximum atomic E-state index is 12.5. The summed E-state index contributed by atoms with van der Waals surface area (Å²) >= 11 is 0. The van der Waals surface area contributed by atoms with Gasteiger partial charge in [-0.05, 0) is 56.6 Å². The Balaban J connectivity index is 1.74. The van der Waals surface area contributed by atoms with Crippen LogP contribution in [0.5, 0.6) is 0 Å². The van der Waals surface area contributed by atoms with Gasteiger partial charge < -0.3 is 5.32 Å². The van der Waals surface area contributed by atoms with E-state index in [1.165, 1.54) is 23.6 Å². The van der Waals surface area contributed by atoms with Crippen LogP contribution in [0.1, 0.15) is 36.8 Å². The summed E-state index contributed by atoms with van der Waals surface area (Å²) in [5.41, 5.74) is 2.50. The Morgan fingerprint density at radius 2 is 2.00 bits per heavy atom. The fraction of sp³-hybridized carbons (Fsp3) is 0.611. The van der Waals surface area contributed by atoms with Crippen LogP contribution in [-0.4, -0.2) is 33.2 Å². The second kappa shape index (κ2) is 6.39. The Bertz CT molecular complexity index is 745. The molecule has 0 aromatic heterocycles. The van der Waals surface area contributed by atoms with Crippen molar-refractivity contribution in [3.05, 3.63) is 29.3 Å². The van der Waals surface area contributed by atoms with Gasteiger partial charge in [-0.2, -0.15) is 0 Å². The second-order valence-corrected chi connectivity index (χ2v) is 9.32. The van der Waals surface area contributed by atoms with Crippen molar-refractivity contribution >= 4 is 21.6 Å². The maximum absolute atomic E-state index is 12.5. The first-order chi connectivity index (χ1) is 11.2. The van der Waals surface area contributed by atoms with E-state index in [4.69, 9.17) is 0 Å². The molecule has 6 heteroatoms. The Morgan fingerprint density at radius 3 is 2.54 bits per heavy atom. The van der Waals surface area contributed by atoms with E-state index in [1.807, 2.05) is 26.0 Å². The van der Waals surface area contributed by atoms with Gasteiger partial charge in [0.1, 0.15) is 6.54 Å². The third-order valence-electron chi connectivity index (χ3n) is 5.39. The van der Waals surface area contributed by atoms with Crippen molar-refractivity contribution in [3.8, 4) is 0 Å². The first-order valence-electron chi connectivity index (χ1n) is 8.58. The Kier molecular flexibility index (Phi) is 4.60. The lowest BCUT2D eigenvalue weighted by molar-refractivity contribution is -0.120. The smallest absolute Gasteiger partial charge is 0.241 e. The van der Waals surface area contributed by atoms with Crippen molar-refractivity contribution in [3.63, 3.8) is 0 Å². The van der Waals surface area contributed by atoms with E-state index in [0.717, 1.165) is 29.7 Å². The highest BCUT2D eigenvalue weighted by Gasteiger charge is 2.40. The number of rotatable bonds is 5. The van der Waals surface area contributed by atoms with Crippen LogP contribution in [0.3, 0.4) is 0 Å². The molecule has 1 amide bonds. The third kappa shape index (κ3) is 3.58. The second-order valence-electron chi connectivity index (χ2n) is 7.41. The molecule has 1 aromatic rings. The number of benzene rings is 1. The van der Waals surface area contributed by atoms with Gasteiger partial charge in [-0.1, -0.05) is 24.1 Å². The molecule has 0 aliphatic heterocycles. The number of carbonyl (C=O) groups is 1. The Labute approximate surface area is 144 Å². The molecule has 0 spiro atoms. The van der Waals surface area contributed by atoms with Gasteiger partial charge in [0.25, 0.3) is 0 Å². The number of carbonyl (C=O) groups excluding carboxylic acids is 1. The molecule has 24 heavy (non-hydrogen) atoms. The summed E-state index contributed by atoms with van der Waals surface area (Å²) in [6.45, 7) is 3.67. The molecule has 0 saturated heterocycles. The maximum Gasteiger partial charge on any atom is 0.241 e. The van der Waals surface area contributed by atoms with Gasteiger partial charge in [0.2, 0.25) is 15.9 Å². The number of fused-ring (bicyclic) bond motifs is 2. The molecule has 1 aromatic carbocycles. The first kappa shape index (κ1) is 17.3. The molecular weight excluding hydrogens is 324 g/mol. The number of hydrogen-bond acceptors (Lipinski definition) is 3. The van der Waals surface area contributed by atoms with Gasteiger partial charge in [0.15, 0.2) is 0 Å². The molecule has 2 aliphatic rings. The number of amides is 1. The lowest BCUT2D eigenvalue weighted by atomic mass is 9.95. The van der Waals surface area contributed by atoms with Gasteiger partial charge in [-0.3, -0.25) is 9.10 Å². The number of sulfonamides is 1. The van der Waals surface area contributed by atoms with E-state index in [2.05, 4.69) is 5.32 Å². The summed E-state index contributed by atoms with van der Waals surface area (Å²) in [6.07, 6.45) is 5.85. The summed E-state index contributed by atoms with van der Waals surface area (Å²) in [5, 5.41) is 3.07. The normalized spacial score (nSPS) is 25.7. The lowest BCUT2D eigenvalue weighted by Crippen LogP contribution is -2.45. The lowest BCUT2D eigenvalue weighted by Gasteiger charge is -2.27. The molecule has 3 rings (SSSR count). The zero-order chi connectivity index (χ0) is 17.5. The highest BCUT2D eigenvalue weighted by Crippen LogP contribution is 2.44. The van der Waals surface area contributed by atoms with Crippen LogP contribution in [0.15, 0.2) is 18.2 Å². The molecule has 2 fully saturated rings. The standard InChI is InChI=1S/C18H26N2O3S/c1-12-4-7-17(13(2)8-12)20(24(3,22)23)11-18(21)19-16-10-14-5-6-15(16)9-14/h4,7-8,14-16H,5-6,9-11H2,1-3H3,(H,19,21)/t14-,15-,16+/m1/s1. The van der Waals surface area contributed by atoms with E-state index >= 15 is 0 Å². The average Bonchev–Trinajstić information content (AvgIpc) is 3.07. The quantitative estimate of drug-likeness (QED) is 0.886. The number of anilines is 1. The van der Waals surface area contributed by atoms with Gasteiger partial charge in [-0.25, -0.2) is 8.42 Å². The van der Waals surface area contributed by atoms with Gasteiger partial charge >= 0.3 is 0 Å². The molecule has 2 saturated carbocycles. The van der Waals surface area contributed by atoms with Crippen LogP contribution in [-0.2, 0) is 14.8 Å². The molecule has 1 N–H and O–H groups in total. The van der Waals surface area contributed by atoms with E-state index in [1.54, 1.807) is 6.07 Å². The van der Waals surface area contributed by atoms with Crippen LogP contribution < -0.4 is 9.62 Å². The molecular formula is C18H26N2O3S. The van der Waals surface area contributed by atoms with Crippen molar-refractivity contribution in [2.75, 3.05) is 17.1 Å². The highest BCUT2D eigenvalue weighted by molar-refractivity contribution is 7.92. The van der Waals surface area contributed by atoms with Gasteiger partial charge in [0, 0.05) is 6.04 Å². The Morgan fingerprint density at radius 1 is 1.25 bits per heavy atom. The fourth-order valence-electron chi connectivity index (χ4n) is 4.27. The largest absolute Gasteiger partial charge is 0.352 e. The topological polar surface area (TPSA) is 66.5 Å². The van der Waals surface area contributed by atoms with Crippen molar-refractivity contribution in [1.82, 2.24) is 5.32 Å². The fourth-order valence-corrected chi connectivity index (χ4v) is 5.18. The SMILES string of the molecule is Cc1ccc(N(CC(=O)N[C@H]2C[C@@H]3CC[C@@H]2C3)S(C)(=O)=O)c(C)c1. The van der Waals surface area contributed by atoms with Crippen LogP contribution in [0.25, 0.3) is 0 Å².